The molecule has 1 atom stereocenters. The summed E-state index contributed by atoms with van der Waals surface area (Å²) in [5, 5.41) is 6.10. The fourth-order valence-electron chi connectivity index (χ4n) is 2.57. The van der Waals surface area contributed by atoms with E-state index in [0.29, 0.717) is 17.0 Å². The lowest BCUT2D eigenvalue weighted by atomic mass is 10.0. The summed E-state index contributed by atoms with van der Waals surface area (Å²) in [6.07, 6.45) is -6.28. The Morgan fingerprint density at radius 3 is 2.54 bits per heavy atom. The van der Waals surface area contributed by atoms with E-state index in [-0.39, 0.29) is 10.1 Å². The first-order valence-electron chi connectivity index (χ1n) is 9.78. The van der Waals surface area contributed by atoms with Crippen LogP contribution in [-0.2, 0) is 30.4 Å². The van der Waals surface area contributed by atoms with Crippen molar-refractivity contribution < 1.29 is 36.6 Å². The Morgan fingerprint density at radius 2 is 1.86 bits per heavy atom. The predicted molar refractivity (Wildman–Crippen MR) is 83.1 cm³/mol. The maximum atomic E-state index is 13.8. The number of benzene rings is 1. The highest BCUT2D eigenvalue weighted by Crippen LogP contribution is 2.29. The molecule has 152 valence electrons. The van der Waals surface area contributed by atoms with Crippen LogP contribution in [0.3, 0.4) is 0 Å². The smallest absolute Gasteiger partial charge is 0.333 e. The minimum absolute atomic E-state index is 0.0482. The maximum absolute atomic E-state index is 13.8. The molecule has 3 rings (SSSR count). The predicted octanol–water partition coefficient (Wildman–Crippen LogP) is 2.02. The number of carbonyl (C=O) groups is 1. The van der Waals surface area contributed by atoms with Crippen LogP contribution in [0.5, 0.6) is 0 Å². The van der Waals surface area contributed by atoms with Crippen molar-refractivity contribution in [3.05, 3.63) is 46.8 Å². The lowest BCUT2D eigenvalue weighted by Gasteiger charge is -2.29. The Bertz CT molecular complexity index is 1060. The number of amides is 1. The molecule has 12 heteroatoms. The summed E-state index contributed by atoms with van der Waals surface area (Å²) in [4.78, 5) is 13.0. The second-order valence-electron chi connectivity index (χ2n) is 6.00. The van der Waals surface area contributed by atoms with Crippen molar-refractivity contribution in [3.63, 3.8) is 0 Å². The van der Waals surface area contributed by atoms with Gasteiger partial charge in [0.15, 0.2) is 17.5 Å². The SMILES string of the molecule is [2H]C1([2H])N(C(=O)C[C@H](N)Cc2cc(F)c(F)cc2F)Cc2nnc(C(F)(F)F)n2C1([2H])[2H]. The Morgan fingerprint density at radius 1 is 1.18 bits per heavy atom. The molecular formula is C16H15F6N5O. The van der Waals surface area contributed by atoms with Crippen LogP contribution in [0.25, 0.3) is 0 Å². The van der Waals surface area contributed by atoms with Gasteiger partial charge >= 0.3 is 6.18 Å². The number of rotatable bonds is 4. The number of hydrogen-bond donors (Lipinski definition) is 1. The molecule has 0 saturated heterocycles. The zero-order valence-corrected chi connectivity index (χ0v) is 13.9. The molecule has 2 aromatic rings. The average Bonchev–Trinajstić information content (AvgIpc) is 3.08. The lowest BCUT2D eigenvalue weighted by Crippen LogP contribution is -2.42. The van der Waals surface area contributed by atoms with Crippen molar-refractivity contribution in [2.24, 2.45) is 5.73 Å². The van der Waals surface area contributed by atoms with Gasteiger partial charge in [-0.2, -0.15) is 13.2 Å². The summed E-state index contributed by atoms with van der Waals surface area (Å²) >= 11 is 0. The Kier molecular flexibility index (Phi) is 4.05. The second kappa shape index (κ2) is 7.41. The minimum Gasteiger partial charge on any atom is -0.333 e. The van der Waals surface area contributed by atoms with Gasteiger partial charge in [0.1, 0.15) is 5.82 Å². The number of carbonyl (C=O) groups excluding carboxylic acids is 1. The molecule has 0 bridgehead atoms. The monoisotopic (exact) mass is 411 g/mol. The molecule has 0 fully saturated rings. The topological polar surface area (TPSA) is 77.0 Å². The zero-order valence-electron chi connectivity index (χ0n) is 17.9. The van der Waals surface area contributed by atoms with Crippen molar-refractivity contribution in [1.82, 2.24) is 19.7 Å². The highest BCUT2D eigenvalue weighted by molar-refractivity contribution is 5.76. The maximum Gasteiger partial charge on any atom is 0.451 e. The van der Waals surface area contributed by atoms with Gasteiger partial charge in [-0.3, -0.25) is 4.79 Å². The van der Waals surface area contributed by atoms with Gasteiger partial charge in [-0.05, 0) is 18.1 Å². The molecule has 1 aromatic carbocycles. The van der Waals surface area contributed by atoms with Gasteiger partial charge < -0.3 is 15.2 Å². The Hall–Kier alpha value is -2.63. The van der Waals surface area contributed by atoms with Crippen molar-refractivity contribution in [1.29, 1.82) is 0 Å². The van der Waals surface area contributed by atoms with Crippen LogP contribution in [0.4, 0.5) is 26.3 Å². The van der Waals surface area contributed by atoms with Crippen LogP contribution >= 0.6 is 0 Å². The number of nitrogens with zero attached hydrogens (tertiary/aromatic N) is 4. The first-order valence-corrected chi connectivity index (χ1v) is 7.78. The lowest BCUT2D eigenvalue weighted by molar-refractivity contribution is -0.148. The van der Waals surface area contributed by atoms with Crippen LogP contribution in [0, 0.1) is 17.5 Å². The average molecular weight is 411 g/mol. The number of halogens is 6. The number of alkyl halides is 3. The molecule has 0 unspecified atom stereocenters. The van der Waals surface area contributed by atoms with Gasteiger partial charge in [0.05, 0.1) is 12.0 Å². The molecule has 1 aliphatic heterocycles. The zero-order chi connectivity index (χ0) is 24.2. The summed E-state index contributed by atoms with van der Waals surface area (Å²) in [7, 11) is 0. The van der Waals surface area contributed by atoms with Crippen molar-refractivity contribution in [3.8, 4) is 0 Å². The van der Waals surface area contributed by atoms with E-state index in [0.717, 1.165) is 0 Å². The Labute approximate surface area is 160 Å². The van der Waals surface area contributed by atoms with Gasteiger partial charge in [0.2, 0.25) is 11.7 Å². The highest BCUT2D eigenvalue weighted by Gasteiger charge is 2.39. The van der Waals surface area contributed by atoms with Gasteiger partial charge in [0, 0.05) is 31.5 Å². The number of fused-ring (bicyclic) bond motifs is 1. The standard InChI is InChI=1S/C16H15F6N5O/c17-10-6-12(19)11(18)4-8(10)3-9(23)5-14(28)26-1-2-27-13(7-26)24-25-15(27)16(20,21)22/h4,6,9H,1-3,5,7,23H2/t9-/m1/s1/i1D2,2D2. The van der Waals surface area contributed by atoms with Crippen LogP contribution in [0.2, 0.25) is 0 Å². The van der Waals surface area contributed by atoms with E-state index in [2.05, 4.69) is 10.2 Å². The minimum atomic E-state index is -5.13. The van der Waals surface area contributed by atoms with Crippen LogP contribution in [0.1, 0.15) is 29.1 Å². The molecular weight excluding hydrogens is 392 g/mol. The van der Waals surface area contributed by atoms with Gasteiger partial charge in [-0.1, -0.05) is 0 Å². The van der Waals surface area contributed by atoms with E-state index < -0.39 is 79.6 Å². The van der Waals surface area contributed by atoms with Gasteiger partial charge in [0.25, 0.3) is 0 Å². The molecule has 6 nitrogen and oxygen atoms in total. The van der Waals surface area contributed by atoms with E-state index in [4.69, 9.17) is 11.2 Å². The summed E-state index contributed by atoms with van der Waals surface area (Å²) in [5.41, 5.74) is 5.40. The van der Waals surface area contributed by atoms with Crippen molar-refractivity contribution in [2.75, 3.05) is 6.50 Å². The molecule has 0 spiro atoms. The normalized spacial score (nSPS) is 21.2. The molecule has 1 aliphatic rings. The van der Waals surface area contributed by atoms with E-state index >= 15 is 0 Å². The van der Waals surface area contributed by atoms with Crippen LogP contribution < -0.4 is 5.73 Å². The van der Waals surface area contributed by atoms with Gasteiger partial charge in [-0.15, -0.1) is 10.2 Å². The third-order valence-corrected chi connectivity index (χ3v) is 3.89. The van der Waals surface area contributed by atoms with Gasteiger partial charge in [-0.25, -0.2) is 13.2 Å². The molecule has 1 aromatic heterocycles. The highest BCUT2D eigenvalue weighted by atomic mass is 19.4. The molecule has 1 amide bonds. The molecule has 0 radical (unpaired) electrons. The first kappa shape index (κ1) is 15.3. The first-order chi connectivity index (χ1) is 14.6. The summed E-state index contributed by atoms with van der Waals surface area (Å²) in [6.45, 7) is -7.52. The molecule has 28 heavy (non-hydrogen) atoms. The van der Waals surface area contributed by atoms with Crippen molar-refractivity contribution in [2.45, 2.75) is 38.1 Å². The summed E-state index contributed by atoms with van der Waals surface area (Å²) in [5.74, 6) is -7.42. The fraction of sp³-hybridized carbons (Fsp3) is 0.438. The third kappa shape index (κ3) is 4.11. The van der Waals surface area contributed by atoms with Crippen LogP contribution in [-0.4, -0.2) is 38.1 Å². The third-order valence-electron chi connectivity index (χ3n) is 3.89. The van der Waals surface area contributed by atoms with E-state index in [1.54, 1.807) is 0 Å². The molecule has 0 saturated carbocycles. The second-order valence-corrected chi connectivity index (χ2v) is 6.00. The molecule has 0 aliphatic carbocycles. The fourth-order valence-corrected chi connectivity index (χ4v) is 2.57. The Balaban J connectivity index is 1.84. The summed E-state index contributed by atoms with van der Waals surface area (Å²) < 4.78 is 111. The number of aromatic nitrogens is 3. The van der Waals surface area contributed by atoms with Crippen LogP contribution in [0.15, 0.2) is 12.1 Å². The van der Waals surface area contributed by atoms with E-state index in [1.165, 1.54) is 0 Å². The van der Waals surface area contributed by atoms with E-state index in [1.807, 2.05) is 0 Å². The quantitative estimate of drug-likeness (QED) is 0.617. The van der Waals surface area contributed by atoms with Crippen molar-refractivity contribution >= 4 is 5.91 Å². The van der Waals surface area contributed by atoms with E-state index in [9.17, 15) is 31.1 Å². The molecule has 2 N–H and O–H groups in total. The summed E-state index contributed by atoms with van der Waals surface area (Å²) in [6, 6.07) is -0.383. The number of hydrogen-bond acceptors (Lipinski definition) is 4. The molecule has 2 heterocycles. The number of nitrogens with two attached hydrogens (primary N) is 1. The largest absolute Gasteiger partial charge is 0.451 e.